The van der Waals surface area contributed by atoms with Gasteiger partial charge in [-0.05, 0) is 43.5 Å². The highest BCUT2D eigenvalue weighted by molar-refractivity contribution is 5.63. The third-order valence-corrected chi connectivity index (χ3v) is 3.36. The van der Waals surface area contributed by atoms with Gasteiger partial charge >= 0.3 is 0 Å². The van der Waals surface area contributed by atoms with Crippen LogP contribution in [-0.4, -0.2) is 16.1 Å². The van der Waals surface area contributed by atoms with Crippen LogP contribution >= 0.6 is 0 Å². The van der Waals surface area contributed by atoms with E-state index in [4.69, 9.17) is 0 Å². The zero-order valence-corrected chi connectivity index (χ0v) is 10.6. The fourth-order valence-corrected chi connectivity index (χ4v) is 2.37. The minimum absolute atomic E-state index is 0.904. The maximum atomic E-state index is 4.33. The van der Waals surface area contributed by atoms with Gasteiger partial charge in [0.2, 0.25) is 5.95 Å². The fourth-order valence-electron chi connectivity index (χ4n) is 2.37. The standard InChI is InChI=1S/C14H18N4/c1-2-18-9-8-16-14(18)17-12-5-6-13-11(10-12)4-3-7-15-13/h5-6,8-10,15H,2-4,7H2,1H3,(H,16,17). The summed E-state index contributed by atoms with van der Waals surface area (Å²) in [6.45, 7) is 4.12. The number of fused-ring (bicyclic) bond motifs is 1. The molecule has 0 bridgehead atoms. The summed E-state index contributed by atoms with van der Waals surface area (Å²) < 4.78 is 2.09. The molecule has 4 heteroatoms. The maximum Gasteiger partial charge on any atom is 0.207 e. The number of benzene rings is 1. The van der Waals surface area contributed by atoms with Crippen LogP contribution in [0.2, 0.25) is 0 Å². The van der Waals surface area contributed by atoms with Crippen molar-refractivity contribution in [2.24, 2.45) is 0 Å². The van der Waals surface area contributed by atoms with Gasteiger partial charge < -0.3 is 15.2 Å². The van der Waals surface area contributed by atoms with Crippen LogP contribution in [0.15, 0.2) is 30.6 Å². The van der Waals surface area contributed by atoms with Crippen molar-refractivity contribution < 1.29 is 0 Å². The van der Waals surface area contributed by atoms with Gasteiger partial charge in [-0.25, -0.2) is 4.98 Å². The van der Waals surface area contributed by atoms with Crippen molar-refractivity contribution in [1.29, 1.82) is 0 Å². The highest BCUT2D eigenvalue weighted by Gasteiger charge is 2.09. The average Bonchev–Trinajstić information content (AvgIpc) is 2.86. The van der Waals surface area contributed by atoms with Crippen molar-refractivity contribution in [3.8, 4) is 0 Å². The van der Waals surface area contributed by atoms with Gasteiger partial charge in [-0.3, -0.25) is 0 Å². The number of aromatic nitrogens is 2. The monoisotopic (exact) mass is 242 g/mol. The smallest absolute Gasteiger partial charge is 0.207 e. The molecular formula is C14H18N4. The Labute approximate surface area is 107 Å². The summed E-state index contributed by atoms with van der Waals surface area (Å²) in [5.41, 5.74) is 3.77. The number of nitrogens with zero attached hydrogens (tertiary/aromatic N) is 2. The van der Waals surface area contributed by atoms with Crippen molar-refractivity contribution in [1.82, 2.24) is 9.55 Å². The van der Waals surface area contributed by atoms with Crippen LogP contribution in [0.1, 0.15) is 18.9 Å². The Morgan fingerprint density at radius 1 is 1.44 bits per heavy atom. The lowest BCUT2D eigenvalue weighted by atomic mass is 10.0. The molecule has 2 aromatic rings. The second kappa shape index (κ2) is 4.72. The number of nitrogens with one attached hydrogen (secondary N) is 2. The summed E-state index contributed by atoms with van der Waals surface area (Å²) in [5, 5.41) is 6.80. The normalized spacial score (nSPS) is 13.8. The summed E-state index contributed by atoms with van der Waals surface area (Å²) >= 11 is 0. The zero-order valence-electron chi connectivity index (χ0n) is 10.6. The third-order valence-electron chi connectivity index (χ3n) is 3.36. The van der Waals surface area contributed by atoms with Gasteiger partial charge in [0.1, 0.15) is 0 Å². The molecule has 0 saturated heterocycles. The van der Waals surface area contributed by atoms with E-state index in [0.717, 1.165) is 31.1 Å². The van der Waals surface area contributed by atoms with Crippen molar-refractivity contribution in [3.05, 3.63) is 36.2 Å². The SMILES string of the molecule is CCn1ccnc1Nc1ccc2c(c1)CCCN2. The first-order chi connectivity index (χ1) is 8.86. The van der Waals surface area contributed by atoms with Gasteiger partial charge in [0.25, 0.3) is 0 Å². The first kappa shape index (κ1) is 11.1. The van der Waals surface area contributed by atoms with Crippen LogP contribution < -0.4 is 10.6 Å². The summed E-state index contributed by atoms with van der Waals surface area (Å²) in [6.07, 6.45) is 6.17. The first-order valence-corrected chi connectivity index (χ1v) is 6.52. The lowest BCUT2D eigenvalue weighted by Crippen LogP contribution is -2.11. The predicted molar refractivity (Wildman–Crippen MR) is 74.4 cm³/mol. The lowest BCUT2D eigenvalue weighted by molar-refractivity contribution is 0.771. The average molecular weight is 242 g/mol. The summed E-state index contributed by atoms with van der Waals surface area (Å²) in [4.78, 5) is 4.33. The van der Waals surface area contributed by atoms with E-state index in [0.29, 0.717) is 0 Å². The molecule has 0 radical (unpaired) electrons. The van der Waals surface area contributed by atoms with Crippen molar-refractivity contribution in [2.45, 2.75) is 26.3 Å². The number of aryl methyl sites for hydroxylation is 2. The molecule has 0 saturated carbocycles. The molecule has 1 aliphatic heterocycles. The van der Waals surface area contributed by atoms with E-state index in [1.165, 1.54) is 17.7 Å². The molecule has 18 heavy (non-hydrogen) atoms. The highest BCUT2D eigenvalue weighted by atomic mass is 15.2. The Kier molecular flexibility index (Phi) is 2.92. The molecule has 0 atom stereocenters. The van der Waals surface area contributed by atoms with Gasteiger partial charge in [0.05, 0.1) is 0 Å². The second-order valence-corrected chi connectivity index (χ2v) is 4.56. The first-order valence-electron chi connectivity index (χ1n) is 6.52. The van der Waals surface area contributed by atoms with Crippen LogP contribution in [0.5, 0.6) is 0 Å². The third kappa shape index (κ3) is 2.06. The van der Waals surface area contributed by atoms with Crippen molar-refractivity contribution in [3.63, 3.8) is 0 Å². The Hall–Kier alpha value is -1.97. The molecule has 1 aromatic carbocycles. The maximum absolute atomic E-state index is 4.33. The molecule has 3 rings (SSSR count). The molecule has 2 heterocycles. The van der Waals surface area contributed by atoms with Crippen molar-refractivity contribution in [2.75, 3.05) is 17.2 Å². The number of hydrogen-bond acceptors (Lipinski definition) is 3. The fraction of sp³-hybridized carbons (Fsp3) is 0.357. The number of rotatable bonds is 3. The van der Waals surface area contributed by atoms with E-state index >= 15 is 0 Å². The van der Waals surface area contributed by atoms with Gasteiger partial charge in [-0.15, -0.1) is 0 Å². The molecule has 0 aliphatic carbocycles. The molecule has 0 amide bonds. The molecule has 0 unspecified atom stereocenters. The Bertz CT molecular complexity index is 544. The zero-order chi connectivity index (χ0) is 12.4. The van der Waals surface area contributed by atoms with Crippen molar-refractivity contribution >= 4 is 17.3 Å². The van der Waals surface area contributed by atoms with E-state index in [9.17, 15) is 0 Å². The van der Waals surface area contributed by atoms with Gasteiger partial charge in [0.15, 0.2) is 0 Å². The van der Waals surface area contributed by atoms with E-state index in [1.54, 1.807) is 0 Å². The quantitative estimate of drug-likeness (QED) is 0.869. The van der Waals surface area contributed by atoms with Crippen LogP contribution in [0.25, 0.3) is 0 Å². The van der Waals surface area contributed by atoms with Gasteiger partial charge in [-0.1, -0.05) is 0 Å². The Morgan fingerprint density at radius 3 is 3.28 bits per heavy atom. The Balaban J connectivity index is 1.85. The molecule has 0 fully saturated rings. The number of imidazole rings is 1. The van der Waals surface area contributed by atoms with E-state index < -0.39 is 0 Å². The molecule has 2 N–H and O–H groups in total. The molecule has 1 aliphatic rings. The summed E-state index contributed by atoms with van der Waals surface area (Å²) in [5.74, 6) is 0.904. The van der Waals surface area contributed by atoms with E-state index in [1.807, 2.05) is 12.4 Å². The Morgan fingerprint density at radius 2 is 2.39 bits per heavy atom. The van der Waals surface area contributed by atoms with Crippen LogP contribution in [0.3, 0.4) is 0 Å². The largest absolute Gasteiger partial charge is 0.385 e. The lowest BCUT2D eigenvalue weighted by Gasteiger charge is -2.19. The summed E-state index contributed by atoms with van der Waals surface area (Å²) in [6, 6.07) is 6.47. The molecule has 4 nitrogen and oxygen atoms in total. The highest BCUT2D eigenvalue weighted by Crippen LogP contribution is 2.26. The summed E-state index contributed by atoms with van der Waals surface area (Å²) in [7, 11) is 0. The van der Waals surface area contributed by atoms with Crippen LogP contribution in [0.4, 0.5) is 17.3 Å². The molecule has 94 valence electrons. The molecule has 0 spiro atoms. The van der Waals surface area contributed by atoms with E-state index in [2.05, 4.69) is 45.3 Å². The van der Waals surface area contributed by atoms with Crippen LogP contribution in [0, 0.1) is 0 Å². The molecule has 1 aromatic heterocycles. The topological polar surface area (TPSA) is 41.9 Å². The number of hydrogen-bond donors (Lipinski definition) is 2. The minimum Gasteiger partial charge on any atom is -0.385 e. The number of anilines is 3. The predicted octanol–water partition coefficient (Wildman–Crippen LogP) is 3.00. The second-order valence-electron chi connectivity index (χ2n) is 4.56. The van der Waals surface area contributed by atoms with Crippen LogP contribution in [-0.2, 0) is 13.0 Å². The minimum atomic E-state index is 0.904. The molecular weight excluding hydrogens is 224 g/mol. The van der Waals surface area contributed by atoms with Gasteiger partial charge in [0, 0.05) is 36.9 Å². The van der Waals surface area contributed by atoms with E-state index in [-0.39, 0.29) is 0 Å². The van der Waals surface area contributed by atoms with Gasteiger partial charge in [-0.2, -0.15) is 0 Å².